The van der Waals surface area contributed by atoms with Gasteiger partial charge in [-0.25, -0.2) is 0 Å². The molecule has 3 rings (SSSR count). The molecule has 0 saturated heterocycles. The van der Waals surface area contributed by atoms with E-state index in [1.165, 1.54) is 22.5 Å². The molecule has 126 valence electrons. The zero-order chi connectivity index (χ0) is 17.1. The van der Waals surface area contributed by atoms with Crippen molar-refractivity contribution in [2.45, 2.75) is 33.8 Å². The van der Waals surface area contributed by atoms with E-state index in [0.717, 1.165) is 21.5 Å². The summed E-state index contributed by atoms with van der Waals surface area (Å²) in [6.45, 7) is 7.04. The summed E-state index contributed by atoms with van der Waals surface area (Å²) in [6, 6.07) is 4.05. The normalized spacial score (nSPS) is 11.1. The fourth-order valence-corrected chi connectivity index (χ4v) is 3.06. The Kier molecular flexibility index (Phi) is 4.92. The molecule has 0 radical (unpaired) electrons. The summed E-state index contributed by atoms with van der Waals surface area (Å²) in [5.74, 6) is -0.143. The molecular formula is C17H19N3O3S. The van der Waals surface area contributed by atoms with E-state index < -0.39 is 0 Å². The van der Waals surface area contributed by atoms with Crippen molar-refractivity contribution in [3.63, 3.8) is 0 Å². The van der Waals surface area contributed by atoms with Crippen molar-refractivity contribution in [1.82, 2.24) is 10.2 Å². The monoisotopic (exact) mass is 345 g/mol. The van der Waals surface area contributed by atoms with E-state index in [1.54, 1.807) is 6.26 Å². The number of hydrogen-bond acceptors (Lipinski definition) is 6. The molecule has 2 heterocycles. The van der Waals surface area contributed by atoms with Crippen LogP contribution in [0.5, 0.6) is 0 Å². The Bertz CT molecular complexity index is 869. The third-order valence-corrected chi connectivity index (χ3v) is 4.58. The Morgan fingerprint density at radius 2 is 2.08 bits per heavy atom. The molecule has 1 N–H and O–H groups in total. The van der Waals surface area contributed by atoms with Crippen molar-refractivity contribution in [1.29, 1.82) is 0 Å². The molecular weight excluding hydrogens is 326 g/mol. The average Bonchev–Trinajstić information content (AvgIpc) is 3.14. The van der Waals surface area contributed by atoms with Crippen molar-refractivity contribution in [2.24, 2.45) is 0 Å². The Hall–Kier alpha value is -2.25. The molecule has 24 heavy (non-hydrogen) atoms. The van der Waals surface area contributed by atoms with Gasteiger partial charge in [0.1, 0.15) is 17.2 Å². The van der Waals surface area contributed by atoms with Crippen LogP contribution < -0.4 is 5.32 Å². The first-order chi connectivity index (χ1) is 11.6. The molecule has 1 aromatic carbocycles. The van der Waals surface area contributed by atoms with Crippen LogP contribution >= 0.6 is 11.3 Å². The van der Waals surface area contributed by atoms with Crippen LogP contribution in [-0.4, -0.2) is 22.7 Å². The molecule has 7 heteroatoms. The maximum absolute atomic E-state index is 12.3. The molecule has 3 aromatic rings. The van der Waals surface area contributed by atoms with Crippen molar-refractivity contribution in [2.75, 3.05) is 11.9 Å². The van der Waals surface area contributed by atoms with E-state index >= 15 is 0 Å². The van der Waals surface area contributed by atoms with E-state index in [4.69, 9.17) is 9.15 Å². The second kappa shape index (κ2) is 7.11. The molecule has 0 aliphatic rings. The van der Waals surface area contributed by atoms with Gasteiger partial charge in [-0.3, -0.25) is 4.79 Å². The van der Waals surface area contributed by atoms with Crippen LogP contribution in [0, 0.1) is 13.8 Å². The van der Waals surface area contributed by atoms with Gasteiger partial charge in [0, 0.05) is 17.6 Å². The topological polar surface area (TPSA) is 77.3 Å². The molecule has 6 nitrogen and oxygen atoms in total. The van der Waals surface area contributed by atoms with Gasteiger partial charge < -0.3 is 14.5 Å². The highest BCUT2D eigenvalue weighted by atomic mass is 32.1. The molecule has 0 atom stereocenters. The van der Waals surface area contributed by atoms with Crippen LogP contribution in [0.3, 0.4) is 0 Å². The molecule has 0 fully saturated rings. The molecule has 0 aliphatic carbocycles. The number of nitrogens with zero attached hydrogens (tertiary/aromatic N) is 2. The highest BCUT2D eigenvalue weighted by Gasteiger charge is 2.13. The van der Waals surface area contributed by atoms with Crippen LogP contribution in [0.2, 0.25) is 0 Å². The lowest BCUT2D eigenvalue weighted by Gasteiger charge is -2.02. The lowest BCUT2D eigenvalue weighted by Crippen LogP contribution is -2.14. The molecule has 0 aliphatic heterocycles. The number of carbonyl (C=O) groups is 1. The van der Waals surface area contributed by atoms with Gasteiger partial charge in [-0.05, 0) is 44.0 Å². The van der Waals surface area contributed by atoms with Gasteiger partial charge in [0.25, 0.3) is 0 Å². The Labute approximate surface area is 143 Å². The first kappa shape index (κ1) is 16.6. The predicted octanol–water partition coefficient (Wildman–Crippen LogP) is 3.62. The number of rotatable bonds is 6. The Balaban J connectivity index is 1.69. The Morgan fingerprint density at radius 1 is 1.29 bits per heavy atom. The third-order valence-electron chi connectivity index (χ3n) is 3.76. The smallest absolute Gasteiger partial charge is 0.230 e. The summed E-state index contributed by atoms with van der Waals surface area (Å²) < 4.78 is 10.8. The fraction of sp³-hybridized carbons (Fsp3) is 0.353. The van der Waals surface area contributed by atoms with Crippen LogP contribution in [0.4, 0.5) is 5.13 Å². The van der Waals surface area contributed by atoms with Crippen molar-refractivity contribution in [3.05, 3.63) is 40.1 Å². The van der Waals surface area contributed by atoms with E-state index in [1.807, 2.05) is 26.8 Å². The van der Waals surface area contributed by atoms with E-state index in [2.05, 4.69) is 21.6 Å². The number of aryl methyl sites for hydroxylation is 2. The lowest BCUT2D eigenvalue weighted by molar-refractivity contribution is -0.115. The first-order valence-electron chi connectivity index (χ1n) is 7.74. The number of anilines is 1. The predicted molar refractivity (Wildman–Crippen MR) is 93.3 cm³/mol. The van der Waals surface area contributed by atoms with Crippen molar-refractivity contribution < 1.29 is 13.9 Å². The third kappa shape index (κ3) is 3.63. The SMILES string of the molecule is CCOCc1nnc(NC(=O)Cc2coc3cc(C)c(C)cc23)s1. The highest BCUT2D eigenvalue weighted by molar-refractivity contribution is 7.15. The number of carbonyl (C=O) groups excluding carboxylic acids is 1. The van der Waals surface area contributed by atoms with Crippen LogP contribution in [0.25, 0.3) is 11.0 Å². The average molecular weight is 345 g/mol. The van der Waals surface area contributed by atoms with Gasteiger partial charge in [0.15, 0.2) is 0 Å². The van der Waals surface area contributed by atoms with Gasteiger partial charge in [-0.2, -0.15) is 0 Å². The van der Waals surface area contributed by atoms with Crippen LogP contribution in [-0.2, 0) is 22.6 Å². The molecule has 2 aromatic heterocycles. The van der Waals surface area contributed by atoms with Crippen molar-refractivity contribution in [3.8, 4) is 0 Å². The summed E-state index contributed by atoms with van der Waals surface area (Å²) in [5, 5.41) is 12.9. The van der Waals surface area contributed by atoms with Crippen LogP contribution in [0.15, 0.2) is 22.8 Å². The minimum atomic E-state index is -0.143. The molecule has 0 spiro atoms. The summed E-state index contributed by atoms with van der Waals surface area (Å²) in [6.07, 6.45) is 1.87. The molecule has 0 bridgehead atoms. The van der Waals surface area contributed by atoms with Crippen molar-refractivity contribution >= 4 is 33.3 Å². The van der Waals surface area contributed by atoms with E-state index in [9.17, 15) is 4.79 Å². The maximum Gasteiger partial charge on any atom is 0.230 e. The summed E-state index contributed by atoms with van der Waals surface area (Å²) in [4.78, 5) is 12.3. The lowest BCUT2D eigenvalue weighted by atomic mass is 10.0. The van der Waals surface area contributed by atoms with Gasteiger partial charge >= 0.3 is 0 Å². The maximum atomic E-state index is 12.3. The van der Waals surface area contributed by atoms with Gasteiger partial charge in [0.05, 0.1) is 12.7 Å². The number of nitrogens with one attached hydrogen (secondary N) is 1. The standard InChI is InChI=1S/C17H19N3O3S/c1-4-22-9-16-19-20-17(24-16)18-15(21)7-12-8-23-14-6-11(3)10(2)5-13(12)14/h5-6,8H,4,7,9H2,1-3H3,(H,18,20,21). The van der Waals surface area contributed by atoms with Gasteiger partial charge in [-0.1, -0.05) is 11.3 Å². The zero-order valence-electron chi connectivity index (χ0n) is 13.9. The summed E-state index contributed by atoms with van der Waals surface area (Å²) in [7, 11) is 0. The number of benzene rings is 1. The number of furan rings is 1. The zero-order valence-corrected chi connectivity index (χ0v) is 14.7. The van der Waals surface area contributed by atoms with Crippen LogP contribution in [0.1, 0.15) is 28.6 Å². The number of fused-ring (bicyclic) bond motifs is 1. The molecule has 0 saturated carbocycles. The molecule has 0 unspecified atom stereocenters. The summed E-state index contributed by atoms with van der Waals surface area (Å²) in [5.41, 5.74) is 4.01. The largest absolute Gasteiger partial charge is 0.464 e. The quantitative estimate of drug-likeness (QED) is 0.738. The van der Waals surface area contributed by atoms with E-state index in [-0.39, 0.29) is 12.3 Å². The number of aromatic nitrogens is 2. The minimum Gasteiger partial charge on any atom is -0.464 e. The van der Waals surface area contributed by atoms with Gasteiger partial charge in [0.2, 0.25) is 11.0 Å². The second-order valence-corrected chi connectivity index (χ2v) is 6.62. The van der Waals surface area contributed by atoms with Gasteiger partial charge in [-0.15, -0.1) is 10.2 Å². The number of hydrogen-bond donors (Lipinski definition) is 1. The number of ether oxygens (including phenoxy) is 1. The highest BCUT2D eigenvalue weighted by Crippen LogP contribution is 2.25. The minimum absolute atomic E-state index is 0.143. The van der Waals surface area contributed by atoms with E-state index in [0.29, 0.717) is 18.3 Å². The molecule has 1 amide bonds. The Morgan fingerprint density at radius 3 is 2.88 bits per heavy atom. The second-order valence-electron chi connectivity index (χ2n) is 5.56. The fourth-order valence-electron chi connectivity index (χ4n) is 2.36. The summed E-state index contributed by atoms with van der Waals surface area (Å²) >= 11 is 1.32. The first-order valence-corrected chi connectivity index (χ1v) is 8.55. The number of amides is 1.